The van der Waals surface area contributed by atoms with Crippen LogP contribution >= 0.6 is 0 Å². The molecule has 1 amide bonds. The van der Waals surface area contributed by atoms with Gasteiger partial charge < -0.3 is 14.5 Å². The third-order valence-corrected chi connectivity index (χ3v) is 3.43. The average molecular weight is 321 g/mol. The van der Waals surface area contributed by atoms with Gasteiger partial charge in [0.25, 0.3) is 0 Å². The number of anilines is 1. The molecule has 126 valence electrons. The zero-order chi connectivity index (χ0) is 17.0. The Morgan fingerprint density at radius 1 is 1.30 bits per heavy atom. The summed E-state index contributed by atoms with van der Waals surface area (Å²) in [4.78, 5) is 19.7. The number of piperazine rings is 1. The van der Waals surface area contributed by atoms with Gasteiger partial charge in [0.2, 0.25) is 0 Å². The Labute approximate surface area is 136 Å². The molecular formula is C17H24FN3O2. The highest BCUT2D eigenvalue weighted by atomic mass is 19.1. The normalized spacial score (nSPS) is 16.0. The topological polar surface area (TPSA) is 45.7 Å². The fraction of sp³-hybridized carbons (Fsp3) is 0.529. The number of ether oxygens (including phenoxy) is 1. The van der Waals surface area contributed by atoms with Crippen LogP contribution in [0.2, 0.25) is 0 Å². The van der Waals surface area contributed by atoms with Crippen LogP contribution in [0.25, 0.3) is 6.08 Å². The summed E-state index contributed by atoms with van der Waals surface area (Å²) in [5, 5.41) is 0. The summed E-state index contributed by atoms with van der Waals surface area (Å²) >= 11 is 0. The van der Waals surface area contributed by atoms with Crippen molar-refractivity contribution in [1.29, 1.82) is 0 Å². The first-order valence-corrected chi connectivity index (χ1v) is 7.81. The van der Waals surface area contributed by atoms with Crippen LogP contribution in [0.15, 0.2) is 18.3 Å². The molecule has 1 fully saturated rings. The predicted octanol–water partition coefficient (Wildman–Crippen LogP) is 3.31. The lowest BCUT2D eigenvalue weighted by Gasteiger charge is -2.36. The van der Waals surface area contributed by atoms with Crippen LogP contribution in [0.3, 0.4) is 0 Å². The SMILES string of the molecule is C/C=C/c1cnc(N2CCN(C(=O)OC(C)(C)C)CC2)c(F)c1. The summed E-state index contributed by atoms with van der Waals surface area (Å²) in [6.07, 6.45) is 4.98. The lowest BCUT2D eigenvalue weighted by molar-refractivity contribution is 0.0240. The Hall–Kier alpha value is -2.11. The lowest BCUT2D eigenvalue weighted by Crippen LogP contribution is -2.50. The Bertz CT molecular complexity index is 588. The van der Waals surface area contributed by atoms with Gasteiger partial charge in [-0.3, -0.25) is 0 Å². The van der Waals surface area contributed by atoms with Gasteiger partial charge in [0.15, 0.2) is 11.6 Å². The van der Waals surface area contributed by atoms with E-state index in [1.165, 1.54) is 6.07 Å². The fourth-order valence-corrected chi connectivity index (χ4v) is 2.39. The average Bonchev–Trinajstić information content (AvgIpc) is 2.46. The van der Waals surface area contributed by atoms with E-state index in [0.29, 0.717) is 32.0 Å². The minimum Gasteiger partial charge on any atom is -0.444 e. The molecule has 0 radical (unpaired) electrons. The van der Waals surface area contributed by atoms with Crippen molar-refractivity contribution in [3.63, 3.8) is 0 Å². The zero-order valence-electron chi connectivity index (χ0n) is 14.2. The van der Waals surface area contributed by atoms with Gasteiger partial charge in [0.1, 0.15) is 5.60 Å². The highest BCUT2D eigenvalue weighted by molar-refractivity contribution is 5.68. The van der Waals surface area contributed by atoms with E-state index in [0.717, 1.165) is 5.56 Å². The molecule has 1 aliphatic rings. The van der Waals surface area contributed by atoms with Crippen molar-refractivity contribution in [2.24, 2.45) is 0 Å². The molecule has 2 heterocycles. The third-order valence-electron chi connectivity index (χ3n) is 3.43. The number of carbonyl (C=O) groups excluding carboxylic acids is 1. The van der Waals surface area contributed by atoms with Crippen LogP contribution in [0, 0.1) is 5.82 Å². The van der Waals surface area contributed by atoms with Crippen LogP contribution in [0.5, 0.6) is 0 Å². The number of hydrogen-bond donors (Lipinski definition) is 0. The maximum Gasteiger partial charge on any atom is 0.410 e. The molecule has 0 spiro atoms. The molecule has 0 aliphatic carbocycles. The molecule has 1 saturated heterocycles. The van der Waals surface area contributed by atoms with E-state index in [4.69, 9.17) is 4.74 Å². The summed E-state index contributed by atoms with van der Waals surface area (Å²) < 4.78 is 19.5. The quantitative estimate of drug-likeness (QED) is 0.838. The van der Waals surface area contributed by atoms with Crippen molar-refractivity contribution in [1.82, 2.24) is 9.88 Å². The summed E-state index contributed by atoms with van der Waals surface area (Å²) in [7, 11) is 0. The van der Waals surface area contributed by atoms with E-state index in [1.807, 2.05) is 38.7 Å². The minimum atomic E-state index is -0.509. The monoisotopic (exact) mass is 321 g/mol. The molecule has 0 atom stereocenters. The number of halogens is 1. The molecule has 2 rings (SSSR count). The van der Waals surface area contributed by atoms with Gasteiger partial charge in [0, 0.05) is 32.4 Å². The number of rotatable bonds is 2. The van der Waals surface area contributed by atoms with E-state index in [2.05, 4.69) is 4.98 Å². The van der Waals surface area contributed by atoms with Gasteiger partial charge >= 0.3 is 6.09 Å². The Kier molecular flexibility index (Phi) is 5.23. The van der Waals surface area contributed by atoms with E-state index < -0.39 is 5.60 Å². The standard InChI is InChI=1S/C17H24FN3O2/c1-5-6-13-11-14(18)15(19-12-13)20-7-9-21(10-8-20)16(22)23-17(2,3)4/h5-6,11-12H,7-10H2,1-4H3/b6-5+. The molecule has 0 bridgehead atoms. The van der Waals surface area contributed by atoms with Crippen LogP contribution in [0.1, 0.15) is 33.3 Å². The predicted molar refractivity (Wildman–Crippen MR) is 88.9 cm³/mol. The van der Waals surface area contributed by atoms with Crippen molar-refractivity contribution in [3.05, 3.63) is 29.7 Å². The summed E-state index contributed by atoms with van der Waals surface area (Å²) in [6, 6.07) is 1.47. The molecule has 1 aromatic heterocycles. The number of carbonyl (C=O) groups is 1. The van der Waals surface area contributed by atoms with Gasteiger partial charge in [-0.25, -0.2) is 14.2 Å². The number of amides is 1. The zero-order valence-corrected chi connectivity index (χ0v) is 14.2. The molecule has 0 aromatic carbocycles. The van der Waals surface area contributed by atoms with Gasteiger partial charge in [-0.05, 0) is 39.3 Å². The van der Waals surface area contributed by atoms with Crippen molar-refractivity contribution in [2.75, 3.05) is 31.1 Å². The van der Waals surface area contributed by atoms with Gasteiger partial charge in [-0.1, -0.05) is 12.2 Å². The van der Waals surface area contributed by atoms with Gasteiger partial charge in [0.05, 0.1) is 0 Å². The van der Waals surface area contributed by atoms with Crippen molar-refractivity contribution < 1.29 is 13.9 Å². The molecule has 0 N–H and O–H groups in total. The van der Waals surface area contributed by atoms with Gasteiger partial charge in [-0.15, -0.1) is 0 Å². The lowest BCUT2D eigenvalue weighted by atomic mass is 10.2. The second-order valence-corrected chi connectivity index (χ2v) is 6.53. The number of aromatic nitrogens is 1. The Morgan fingerprint density at radius 3 is 2.48 bits per heavy atom. The minimum absolute atomic E-state index is 0.325. The van der Waals surface area contributed by atoms with Crippen molar-refractivity contribution >= 4 is 18.0 Å². The third kappa shape index (κ3) is 4.68. The molecule has 5 nitrogen and oxygen atoms in total. The second kappa shape index (κ2) is 6.98. The molecule has 6 heteroatoms. The molecular weight excluding hydrogens is 297 g/mol. The first kappa shape index (κ1) is 17.2. The second-order valence-electron chi connectivity index (χ2n) is 6.53. The van der Waals surface area contributed by atoms with E-state index in [1.54, 1.807) is 17.2 Å². The maximum absolute atomic E-state index is 14.2. The fourth-order valence-electron chi connectivity index (χ4n) is 2.39. The van der Waals surface area contributed by atoms with Crippen LogP contribution in [-0.2, 0) is 4.74 Å². The molecule has 23 heavy (non-hydrogen) atoms. The highest BCUT2D eigenvalue weighted by Gasteiger charge is 2.27. The van der Waals surface area contributed by atoms with Crippen molar-refractivity contribution in [2.45, 2.75) is 33.3 Å². The number of nitrogens with zero attached hydrogens (tertiary/aromatic N) is 3. The Morgan fingerprint density at radius 2 is 1.96 bits per heavy atom. The number of pyridine rings is 1. The Balaban J connectivity index is 1.98. The summed E-state index contributed by atoms with van der Waals surface area (Å²) in [5.74, 6) is -0.00610. The maximum atomic E-state index is 14.2. The molecule has 1 aromatic rings. The molecule has 0 unspecified atom stereocenters. The van der Waals surface area contributed by atoms with E-state index in [9.17, 15) is 9.18 Å². The van der Waals surface area contributed by atoms with Crippen LogP contribution in [-0.4, -0.2) is 47.8 Å². The first-order valence-electron chi connectivity index (χ1n) is 7.81. The number of allylic oxidation sites excluding steroid dienone is 1. The summed E-state index contributed by atoms with van der Waals surface area (Å²) in [5.41, 5.74) is 0.228. The number of hydrogen-bond acceptors (Lipinski definition) is 4. The van der Waals surface area contributed by atoms with Gasteiger partial charge in [-0.2, -0.15) is 0 Å². The van der Waals surface area contributed by atoms with E-state index >= 15 is 0 Å². The highest BCUT2D eigenvalue weighted by Crippen LogP contribution is 2.20. The summed E-state index contributed by atoms with van der Waals surface area (Å²) in [6.45, 7) is 9.45. The van der Waals surface area contributed by atoms with Crippen molar-refractivity contribution in [3.8, 4) is 0 Å². The van der Waals surface area contributed by atoms with E-state index in [-0.39, 0.29) is 11.9 Å². The first-order chi connectivity index (χ1) is 10.8. The van der Waals surface area contributed by atoms with Crippen LogP contribution in [0.4, 0.5) is 15.0 Å². The largest absolute Gasteiger partial charge is 0.444 e. The molecule has 1 aliphatic heterocycles. The van der Waals surface area contributed by atoms with Crippen LogP contribution < -0.4 is 4.90 Å². The molecule has 0 saturated carbocycles. The smallest absolute Gasteiger partial charge is 0.410 e.